The summed E-state index contributed by atoms with van der Waals surface area (Å²) in [6, 6.07) is 9.59. The van der Waals surface area contributed by atoms with E-state index in [9.17, 15) is 4.79 Å². The van der Waals surface area contributed by atoms with Crippen LogP contribution in [0.15, 0.2) is 36.5 Å². The van der Waals surface area contributed by atoms with E-state index in [1.807, 2.05) is 35.2 Å². The Balaban J connectivity index is 0.00000176. The van der Waals surface area contributed by atoms with Gasteiger partial charge in [0.05, 0.1) is 5.52 Å². The number of halogens is 1. The number of pyridine rings is 1. The maximum Gasteiger partial charge on any atom is 0.253 e. The van der Waals surface area contributed by atoms with Crippen LogP contribution in [-0.4, -0.2) is 35.4 Å². The second-order valence-electron chi connectivity index (χ2n) is 5.92. The van der Waals surface area contributed by atoms with Crippen LogP contribution >= 0.6 is 12.4 Å². The van der Waals surface area contributed by atoms with Gasteiger partial charge in [0.25, 0.3) is 5.91 Å². The summed E-state index contributed by atoms with van der Waals surface area (Å²) in [6.45, 7) is 4.46. The number of amides is 1. The molecule has 0 radical (unpaired) electrons. The molecule has 0 aliphatic carbocycles. The topological polar surface area (TPSA) is 59.2 Å². The number of carbonyl (C=O) groups is 1. The Kier molecular flexibility index (Phi) is 5.37. The van der Waals surface area contributed by atoms with Crippen LogP contribution in [0.5, 0.6) is 0 Å². The summed E-state index contributed by atoms with van der Waals surface area (Å²) in [5.74, 6) is 1.11. The lowest BCUT2D eigenvalue weighted by atomic mass is 9.87. The Morgan fingerprint density at radius 3 is 3.00 bits per heavy atom. The zero-order chi connectivity index (χ0) is 14.8. The zero-order valence-corrected chi connectivity index (χ0v) is 13.6. The van der Waals surface area contributed by atoms with Crippen LogP contribution in [0, 0.1) is 11.8 Å². The van der Waals surface area contributed by atoms with E-state index in [-0.39, 0.29) is 18.3 Å². The van der Waals surface area contributed by atoms with Crippen molar-refractivity contribution < 1.29 is 4.79 Å². The first kappa shape index (κ1) is 16.7. The molecule has 118 valence electrons. The molecule has 1 aliphatic rings. The highest BCUT2D eigenvalue weighted by atomic mass is 35.5. The average molecular weight is 320 g/mol. The van der Waals surface area contributed by atoms with Crippen molar-refractivity contribution in [3.8, 4) is 0 Å². The number of fused-ring (bicyclic) bond motifs is 1. The minimum atomic E-state index is 0. The molecule has 0 spiro atoms. The molecular formula is C17H22ClN3O. The minimum absolute atomic E-state index is 0. The van der Waals surface area contributed by atoms with Crippen molar-refractivity contribution in [3.05, 3.63) is 42.1 Å². The molecule has 1 aromatic heterocycles. The number of likely N-dealkylation sites (tertiary alicyclic amines) is 1. The fourth-order valence-corrected chi connectivity index (χ4v) is 3.03. The van der Waals surface area contributed by atoms with E-state index in [0.717, 1.165) is 36.0 Å². The Morgan fingerprint density at radius 2 is 2.23 bits per heavy atom. The van der Waals surface area contributed by atoms with Gasteiger partial charge in [-0.05, 0) is 49.1 Å². The Hall–Kier alpha value is -1.65. The first-order valence-electron chi connectivity index (χ1n) is 7.53. The third kappa shape index (κ3) is 3.23. The first-order chi connectivity index (χ1) is 10.2. The number of piperidine rings is 1. The van der Waals surface area contributed by atoms with Gasteiger partial charge in [0.15, 0.2) is 0 Å². The summed E-state index contributed by atoms with van der Waals surface area (Å²) in [4.78, 5) is 18.9. The quantitative estimate of drug-likeness (QED) is 0.926. The van der Waals surface area contributed by atoms with E-state index in [1.54, 1.807) is 6.20 Å². The molecule has 0 saturated carbocycles. The molecule has 2 aromatic rings. The van der Waals surface area contributed by atoms with E-state index in [2.05, 4.69) is 11.9 Å². The van der Waals surface area contributed by atoms with Crippen molar-refractivity contribution in [1.82, 2.24) is 9.88 Å². The zero-order valence-electron chi connectivity index (χ0n) is 12.7. The average Bonchev–Trinajstić information content (AvgIpc) is 2.54. The predicted molar refractivity (Wildman–Crippen MR) is 91.2 cm³/mol. The van der Waals surface area contributed by atoms with Crippen molar-refractivity contribution in [2.75, 3.05) is 19.6 Å². The number of rotatable bonds is 2. The van der Waals surface area contributed by atoms with Crippen molar-refractivity contribution in [2.45, 2.75) is 13.3 Å². The van der Waals surface area contributed by atoms with Gasteiger partial charge in [0.2, 0.25) is 0 Å². The molecule has 4 nitrogen and oxygen atoms in total. The molecule has 3 rings (SSSR count). The summed E-state index contributed by atoms with van der Waals surface area (Å²) in [5, 5.41) is 1.00. The van der Waals surface area contributed by atoms with Gasteiger partial charge in [-0.2, -0.15) is 0 Å². The van der Waals surface area contributed by atoms with Gasteiger partial charge < -0.3 is 10.6 Å². The molecule has 22 heavy (non-hydrogen) atoms. The third-order valence-electron chi connectivity index (χ3n) is 4.55. The number of nitrogens with zero attached hydrogens (tertiary/aromatic N) is 2. The Morgan fingerprint density at radius 1 is 1.41 bits per heavy atom. The number of benzene rings is 1. The second kappa shape index (κ2) is 7.07. The molecule has 2 atom stereocenters. The second-order valence-corrected chi connectivity index (χ2v) is 5.92. The van der Waals surface area contributed by atoms with Gasteiger partial charge >= 0.3 is 0 Å². The van der Waals surface area contributed by atoms with Crippen LogP contribution in [-0.2, 0) is 0 Å². The maximum atomic E-state index is 12.7. The van der Waals surface area contributed by atoms with Crippen LogP contribution in [0.4, 0.5) is 0 Å². The fraction of sp³-hybridized carbons (Fsp3) is 0.412. The lowest BCUT2D eigenvalue weighted by molar-refractivity contribution is 0.0618. The van der Waals surface area contributed by atoms with Gasteiger partial charge in [0.1, 0.15) is 0 Å². The highest BCUT2D eigenvalue weighted by molar-refractivity contribution is 5.98. The van der Waals surface area contributed by atoms with Gasteiger partial charge in [0, 0.05) is 30.2 Å². The van der Waals surface area contributed by atoms with E-state index in [1.165, 1.54) is 0 Å². The summed E-state index contributed by atoms with van der Waals surface area (Å²) in [7, 11) is 0. The SMILES string of the molecule is CC1CCN(C(=O)c2ccc3ncccc3c2)CC1CN.Cl. The molecular weight excluding hydrogens is 298 g/mol. The molecule has 1 saturated heterocycles. The minimum Gasteiger partial charge on any atom is -0.338 e. The van der Waals surface area contributed by atoms with Crippen molar-refractivity contribution in [1.29, 1.82) is 0 Å². The molecule has 1 aromatic carbocycles. The van der Waals surface area contributed by atoms with Gasteiger partial charge in [-0.15, -0.1) is 12.4 Å². The molecule has 2 unspecified atom stereocenters. The first-order valence-corrected chi connectivity index (χ1v) is 7.53. The maximum absolute atomic E-state index is 12.7. The van der Waals surface area contributed by atoms with Crippen molar-refractivity contribution in [2.24, 2.45) is 17.6 Å². The smallest absolute Gasteiger partial charge is 0.253 e. The lowest BCUT2D eigenvalue weighted by Crippen LogP contribution is -2.45. The van der Waals surface area contributed by atoms with Crippen LogP contribution in [0.1, 0.15) is 23.7 Å². The Labute approximate surface area is 137 Å². The summed E-state index contributed by atoms with van der Waals surface area (Å²) in [5.41, 5.74) is 7.48. The van der Waals surface area contributed by atoms with Gasteiger partial charge in [-0.25, -0.2) is 0 Å². The van der Waals surface area contributed by atoms with E-state index in [4.69, 9.17) is 5.73 Å². The Bertz CT molecular complexity index is 661. The summed E-state index contributed by atoms with van der Waals surface area (Å²) >= 11 is 0. The number of carbonyl (C=O) groups excluding carboxylic acids is 1. The molecule has 0 bridgehead atoms. The summed E-state index contributed by atoms with van der Waals surface area (Å²) in [6.07, 6.45) is 2.80. The van der Waals surface area contributed by atoms with Gasteiger partial charge in [-0.1, -0.05) is 13.0 Å². The molecule has 1 fully saturated rings. The van der Waals surface area contributed by atoms with E-state index in [0.29, 0.717) is 18.4 Å². The van der Waals surface area contributed by atoms with Crippen molar-refractivity contribution in [3.63, 3.8) is 0 Å². The highest BCUT2D eigenvalue weighted by Crippen LogP contribution is 2.24. The van der Waals surface area contributed by atoms with Crippen LogP contribution in [0.3, 0.4) is 0 Å². The normalized spacial score (nSPS) is 21.5. The largest absolute Gasteiger partial charge is 0.338 e. The molecule has 5 heteroatoms. The van der Waals surface area contributed by atoms with E-state index < -0.39 is 0 Å². The standard InChI is InChI=1S/C17H21N3O.ClH/c1-12-6-8-20(11-15(12)10-18)17(21)14-4-5-16-13(9-14)3-2-7-19-16;/h2-5,7,9,12,15H,6,8,10-11,18H2,1H3;1H. The fourth-order valence-electron chi connectivity index (χ4n) is 3.03. The lowest BCUT2D eigenvalue weighted by Gasteiger charge is -2.36. The molecule has 1 amide bonds. The van der Waals surface area contributed by atoms with E-state index >= 15 is 0 Å². The third-order valence-corrected chi connectivity index (χ3v) is 4.55. The number of hydrogen-bond donors (Lipinski definition) is 1. The number of nitrogens with two attached hydrogens (primary N) is 1. The van der Waals surface area contributed by atoms with Crippen LogP contribution in [0.25, 0.3) is 10.9 Å². The molecule has 2 N–H and O–H groups in total. The van der Waals surface area contributed by atoms with Crippen LogP contribution < -0.4 is 5.73 Å². The summed E-state index contributed by atoms with van der Waals surface area (Å²) < 4.78 is 0. The molecule has 2 heterocycles. The monoisotopic (exact) mass is 319 g/mol. The van der Waals surface area contributed by atoms with Crippen LogP contribution in [0.2, 0.25) is 0 Å². The van der Waals surface area contributed by atoms with Crippen molar-refractivity contribution >= 4 is 29.2 Å². The number of aromatic nitrogens is 1. The van der Waals surface area contributed by atoms with Gasteiger partial charge in [-0.3, -0.25) is 9.78 Å². The highest BCUT2D eigenvalue weighted by Gasteiger charge is 2.28. The number of hydrogen-bond acceptors (Lipinski definition) is 3. The molecule has 1 aliphatic heterocycles. The predicted octanol–water partition coefficient (Wildman–Crippen LogP) is 2.71.